The molecule has 1 fully saturated rings. The lowest BCUT2D eigenvalue weighted by molar-refractivity contribution is -0.120. The number of aromatic nitrogens is 3. The summed E-state index contributed by atoms with van der Waals surface area (Å²) in [4.78, 5) is 12.3. The number of halogens is 1. The van der Waals surface area contributed by atoms with E-state index in [-0.39, 0.29) is 11.2 Å². The average Bonchev–Trinajstić information content (AvgIpc) is 3.19. The highest BCUT2D eigenvalue weighted by atomic mass is 79.9. The Bertz CT molecular complexity index is 729. The minimum atomic E-state index is -0.274. The van der Waals surface area contributed by atoms with Crippen molar-refractivity contribution in [2.24, 2.45) is 0 Å². The van der Waals surface area contributed by atoms with E-state index >= 15 is 0 Å². The van der Waals surface area contributed by atoms with Crippen molar-refractivity contribution in [2.45, 2.75) is 49.1 Å². The van der Waals surface area contributed by atoms with Gasteiger partial charge in [-0.1, -0.05) is 52.7 Å². The summed E-state index contributed by atoms with van der Waals surface area (Å²) in [6, 6.07) is 8.00. The summed E-state index contributed by atoms with van der Waals surface area (Å²) in [5, 5.41) is 11.7. The number of amides is 1. The fourth-order valence-electron chi connectivity index (χ4n) is 2.78. The standard InChI is InChI=1S/C16H20BrN5OS/c1-10(15(23)19-11-6-2-3-7-11)24-16-21-20-14(22(16)18)12-8-4-5-9-13(12)17/h4-5,8-11H,2-3,6-7,18H2,1H3,(H,19,23)/t10-/m0/s1. The van der Waals surface area contributed by atoms with Gasteiger partial charge >= 0.3 is 0 Å². The Morgan fingerprint density at radius 2 is 2.08 bits per heavy atom. The lowest BCUT2D eigenvalue weighted by atomic mass is 10.2. The largest absolute Gasteiger partial charge is 0.352 e. The molecule has 1 atom stereocenters. The second-order valence-electron chi connectivity index (χ2n) is 5.91. The van der Waals surface area contributed by atoms with Crippen LogP contribution in [0.1, 0.15) is 32.6 Å². The topological polar surface area (TPSA) is 85.8 Å². The number of nitrogen functional groups attached to an aromatic ring is 1. The number of benzene rings is 1. The first-order valence-electron chi connectivity index (χ1n) is 7.98. The van der Waals surface area contributed by atoms with Gasteiger partial charge in [-0.15, -0.1) is 10.2 Å². The van der Waals surface area contributed by atoms with Crippen LogP contribution in [0.5, 0.6) is 0 Å². The molecule has 0 bridgehead atoms. The summed E-state index contributed by atoms with van der Waals surface area (Å²) in [6.07, 6.45) is 4.53. The molecule has 1 heterocycles. The molecule has 3 N–H and O–H groups in total. The minimum absolute atomic E-state index is 0.0253. The normalized spacial score (nSPS) is 16.2. The van der Waals surface area contributed by atoms with Crippen LogP contribution in [0.25, 0.3) is 11.4 Å². The maximum absolute atomic E-state index is 12.3. The number of thioether (sulfide) groups is 1. The van der Waals surface area contributed by atoms with Gasteiger partial charge in [-0.2, -0.15) is 0 Å². The first kappa shape index (κ1) is 17.3. The number of rotatable bonds is 5. The molecule has 0 saturated heterocycles. The quantitative estimate of drug-likeness (QED) is 0.585. The average molecular weight is 410 g/mol. The molecule has 1 amide bonds. The van der Waals surface area contributed by atoms with Gasteiger partial charge in [-0.25, -0.2) is 4.68 Å². The third-order valence-electron chi connectivity index (χ3n) is 4.13. The maximum atomic E-state index is 12.3. The zero-order valence-electron chi connectivity index (χ0n) is 13.4. The van der Waals surface area contributed by atoms with Crippen molar-refractivity contribution in [3.8, 4) is 11.4 Å². The van der Waals surface area contributed by atoms with Gasteiger partial charge in [-0.05, 0) is 31.9 Å². The third kappa shape index (κ3) is 3.75. The molecule has 24 heavy (non-hydrogen) atoms. The van der Waals surface area contributed by atoms with Crippen molar-refractivity contribution in [1.82, 2.24) is 20.2 Å². The van der Waals surface area contributed by atoms with Crippen LogP contribution < -0.4 is 11.2 Å². The van der Waals surface area contributed by atoms with E-state index in [2.05, 4.69) is 31.4 Å². The smallest absolute Gasteiger partial charge is 0.233 e. The third-order valence-corrected chi connectivity index (χ3v) is 5.88. The molecule has 1 aliphatic rings. The van der Waals surface area contributed by atoms with E-state index < -0.39 is 0 Å². The molecule has 6 nitrogen and oxygen atoms in total. The van der Waals surface area contributed by atoms with Crippen molar-refractivity contribution in [3.63, 3.8) is 0 Å². The molecule has 1 aromatic carbocycles. The first-order valence-corrected chi connectivity index (χ1v) is 9.66. The zero-order valence-corrected chi connectivity index (χ0v) is 15.8. The van der Waals surface area contributed by atoms with E-state index in [4.69, 9.17) is 5.84 Å². The summed E-state index contributed by atoms with van der Waals surface area (Å²) >= 11 is 4.81. The zero-order chi connectivity index (χ0) is 17.1. The Kier molecular flexibility index (Phi) is 5.45. The number of carbonyl (C=O) groups is 1. The number of nitrogens with one attached hydrogen (secondary N) is 1. The van der Waals surface area contributed by atoms with Gasteiger partial charge < -0.3 is 11.2 Å². The summed E-state index contributed by atoms with van der Waals surface area (Å²) < 4.78 is 2.33. The number of nitrogens with two attached hydrogens (primary N) is 1. The predicted octanol–water partition coefficient (Wildman–Crippen LogP) is 2.96. The van der Waals surface area contributed by atoms with E-state index in [1.165, 1.54) is 29.3 Å². The van der Waals surface area contributed by atoms with Crippen molar-refractivity contribution in [2.75, 3.05) is 5.84 Å². The van der Waals surface area contributed by atoms with Crippen LogP contribution in [0.4, 0.5) is 0 Å². The van der Waals surface area contributed by atoms with Crippen molar-refractivity contribution < 1.29 is 4.79 Å². The summed E-state index contributed by atoms with van der Waals surface area (Å²) in [6.45, 7) is 1.86. The van der Waals surface area contributed by atoms with Gasteiger partial charge in [0.25, 0.3) is 0 Å². The lowest BCUT2D eigenvalue weighted by Gasteiger charge is -2.15. The van der Waals surface area contributed by atoms with Crippen molar-refractivity contribution >= 4 is 33.6 Å². The van der Waals surface area contributed by atoms with Gasteiger partial charge in [0.15, 0.2) is 5.82 Å². The molecule has 0 aliphatic heterocycles. The maximum Gasteiger partial charge on any atom is 0.233 e. The monoisotopic (exact) mass is 409 g/mol. The summed E-state index contributed by atoms with van der Waals surface area (Å²) in [5.41, 5.74) is 0.863. The van der Waals surface area contributed by atoms with E-state index in [9.17, 15) is 4.79 Å². The Morgan fingerprint density at radius 1 is 1.38 bits per heavy atom. The van der Waals surface area contributed by atoms with Crippen LogP contribution in [-0.4, -0.2) is 32.1 Å². The fourth-order valence-corrected chi connectivity index (χ4v) is 4.03. The predicted molar refractivity (Wildman–Crippen MR) is 99.0 cm³/mol. The molecule has 0 radical (unpaired) electrons. The number of carbonyl (C=O) groups excluding carboxylic acids is 1. The SMILES string of the molecule is C[C@H](Sc1nnc(-c2ccccc2Br)n1N)C(=O)NC1CCCC1. The van der Waals surface area contributed by atoms with Crippen LogP contribution in [0.15, 0.2) is 33.9 Å². The van der Waals surface area contributed by atoms with Crippen LogP contribution in [0.3, 0.4) is 0 Å². The fraction of sp³-hybridized carbons (Fsp3) is 0.438. The van der Waals surface area contributed by atoms with Gasteiger partial charge in [0.2, 0.25) is 11.1 Å². The van der Waals surface area contributed by atoms with E-state index in [0.717, 1.165) is 22.9 Å². The van der Waals surface area contributed by atoms with Crippen LogP contribution >= 0.6 is 27.7 Å². The van der Waals surface area contributed by atoms with Gasteiger partial charge in [-0.3, -0.25) is 4.79 Å². The molecule has 1 aliphatic carbocycles. The van der Waals surface area contributed by atoms with Gasteiger partial charge in [0.1, 0.15) is 0 Å². The molecular formula is C16H20BrN5OS. The van der Waals surface area contributed by atoms with Crippen LogP contribution in [0.2, 0.25) is 0 Å². The molecule has 1 saturated carbocycles. The molecular weight excluding hydrogens is 390 g/mol. The highest BCUT2D eigenvalue weighted by Crippen LogP contribution is 2.29. The lowest BCUT2D eigenvalue weighted by Crippen LogP contribution is -2.37. The highest BCUT2D eigenvalue weighted by molar-refractivity contribution is 9.10. The minimum Gasteiger partial charge on any atom is -0.352 e. The number of hydrogen-bond acceptors (Lipinski definition) is 5. The molecule has 0 spiro atoms. The summed E-state index contributed by atoms with van der Waals surface area (Å²) in [7, 11) is 0. The Balaban J connectivity index is 1.69. The van der Waals surface area contributed by atoms with E-state index in [1.807, 2.05) is 31.2 Å². The Labute approximate surface area is 153 Å². The number of nitrogens with zero attached hydrogens (tertiary/aromatic N) is 3. The molecule has 8 heteroatoms. The summed E-state index contributed by atoms with van der Waals surface area (Å²) in [5.74, 6) is 6.72. The second-order valence-corrected chi connectivity index (χ2v) is 8.07. The number of hydrogen-bond donors (Lipinski definition) is 2. The van der Waals surface area contributed by atoms with Crippen LogP contribution in [-0.2, 0) is 4.79 Å². The molecule has 2 aromatic rings. The second kappa shape index (κ2) is 7.57. The highest BCUT2D eigenvalue weighted by Gasteiger charge is 2.23. The first-order chi connectivity index (χ1) is 11.6. The van der Waals surface area contributed by atoms with Crippen LogP contribution in [0, 0.1) is 0 Å². The van der Waals surface area contributed by atoms with Gasteiger partial charge in [0, 0.05) is 16.1 Å². The Hall–Kier alpha value is -1.54. The molecule has 3 rings (SSSR count). The molecule has 1 aromatic heterocycles. The molecule has 128 valence electrons. The van der Waals surface area contributed by atoms with E-state index in [1.54, 1.807) is 0 Å². The Morgan fingerprint density at radius 3 is 2.79 bits per heavy atom. The van der Waals surface area contributed by atoms with Gasteiger partial charge in [0.05, 0.1) is 5.25 Å². The van der Waals surface area contributed by atoms with Crippen molar-refractivity contribution in [3.05, 3.63) is 28.7 Å². The van der Waals surface area contributed by atoms with Crippen molar-refractivity contribution in [1.29, 1.82) is 0 Å². The molecule has 0 unspecified atom stereocenters. The van der Waals surface area contributed by atoms with E-state index in [0.29, 0.717) is 17.0 Å².